The van der Waals surface area contributed by atoms with Crippen LogP contribution < -0.4 is 5.32 Å². The number of hydrogen-bond acceptors (Lipinski definition) is 5. The Kier molecular flexibility index (Phi) is 4.22. The van der Waals surface area contributed by atoms with Gasteiger partial charge in [-0.2, -0.15) is 0 Å². The number of ether oxygens (including phenoxy) is 1. The average Bonchev–Trinajstić information content (AvgIpc) is 2.64. The van der Waals surface area contributed by atoms with E-state index < -0.39 is 5.41 Å². The highest BCUT2D eigenvalue weighted by atomic mass is 32.1. The van der Waals surface area contributed by atoms with Crippen molar-refractivity contribution < 1.29 is 14.3 Å². The fraction of sp³-hybridized carbons (Fsp3) is 0.545. The predicted octanol–water partition coefficient (Wildman–Crippen LogP) is 1.84. The molecule has 0 saturated heterocycles. The van der Waals surface area contributed by atoms with Crippen LogP contribution >= 0.6 is 11.3 Å². The quantitative estimate of drug-likeness (QED) is 0.838. The Balaban J connectivity index is 2.63. The first-order valence-electron chi connectivity index (χ1n) is 5.15. The Morgan fingerprint density at radius 3 is 2.65 bits per heavy atom. The van der Waals surface area contributed by atoms with E-state index >= 15 is 0 Å². The van der Waals surface area contributed by atoms with Crippen LogP contribution in [0, 0.1) is 5.41 Å². The van der Waals surface area contributed by atoms with E-state index in [0.29, 0.717) is 10.8 Å². The highest BCUT2D eigenvalue weighted by Crippen LogP contribution is 2.20. The van der Waals surface area contributed by atoms with E-state index in [9.17, 15) is 9.59 Å². The molecule has 5 nitrogen and oxygen atoms in total. The molecule has 1 rings (SSSR count). The van der Waals surface area contributed by atoms with Crippen LogP contribution in [0.4, 0.5) is 5.13 Å². The molecule has 0 radical (unpaired) electrons. The molecule has 0 unspecified atom stereocenters. The number of esters is 1. The first-order chi connectivity index (χ1) is 7.82. The SMILES string of the molecule is COC(=O)Cc1csc(NC(=O)C(C)(C)C)n1. The third-order valence-electron chi connectivity index (χ3n) is 2.01. The fourth-order valence-corrected chi connectivity index (χ4v) is 1.66. The molecule has 6 heteroatoms. The van der Waals surface area contributed by atoms with Crippen LogP contribution in [0.1, 0.15) is 26.5 Å². The maximum Gasteiger partial charge on any atom is 0.311 e. The largest absolute Gasteiger partial charge is 0.469 e. The monoisotopic (exact) mass is 256 g/mol. The van der Waals surface area contributed by atoms with Crippen LogP contribution in [-0.2, 0) is 20.7 Å². The summed E-state index contributed by atoms with van der Waals surface area (Å²) in [6.45, 7) is 5.47. The third-order valence-corrected chi connectivity index (χ3v) is 2.81. The summed E-state index contributed by atoms with van der Waals surface area (Å²) < 4.78 is 4.54. The number of methoxy groups -OCH3 is 1. The second-order valence-corrected chi connectivity index (χ2v) is 5.46. The highest BCUT2D eigenvalue weighted by molar-refractivity contribution is 7.13. The molecular formula is C11H16N2O3S. The topological polar surface area (TPSA) is 68.3 Å². The number of carbonyl (C=O) groups excluding carboxylic acids is 2. The van der Waals surface area contributed by atoms with Crippen molar-refractivity contribution in [3.8, 4) is 0 Å². The molecule has 0 aliphatic rings. The molecule has 0 saturated carbocycles. The van der Waals surface area contributed by atoms with Crippen LogP contribution in [0.2, 0.25) is 0 Å². The molecule has 0 fully saturated rings. The van der Waals surface area contributed by atoms with Crippen LogP contribution in [0.5, 0.6) is 0 Å². The number of carbonyl (C=O) groups is 2. The van der Waals surface area contributed by atoms with Gasteiger partial charge in [0.25, 0.3) is 0 Å². The van der Waals surface area contributed by atoms with E-state index in [1.807, 2.05) is 20.8 Å². The van der Waals surface area contributed by atoms with Crippen molar-refractivity contribution >= 4 is 28.3 Å². The smallest absolute Gasteiger partial charge is 0.311 e. The molecule has 1 heterocycles. The molecule has 0 atom stereocenters. The van der Waals surface area contributed by atoms with Crippen LogP contribution in [0.25, 0.3) is 0 Å². The molecule has 94 valence electrons. The van der Waals surface area contributed by atoms with Gasteiger partial charge >= 0.3 is 5.97 Å². The third kappa shape index (κ3) is 4.14. The van der Waals surface area contributed by atoms with Gasteiger partial charge in [0.2, 0.25) is 5.91 Å². The van der Waals surface area contributed by atoms with Gasteiger partial charge in [0.15, 0.2) is 5.13 Å². The molecule has 1 amide bonds. The van der Waals surface area contributed by atoms with Gasteiger partial charge in [0.1, 0.15) is 0 Å². The second kappa shape index (κ2) is 5.27. The van der Waals surface area contributed by atoms with Gasteiger partial charge in [-0.15, -0.1) is 11.3 Å². The summed E-state index contributed by atoms with van der Waals surface area (Å²) >= 11 is 1.30. The summed E-state index contributed by atoms with van der Waals surface area (Å²) in [7, 11) is 1.33. The summed E-state index contributed by atoms with van der Waals surface area (Å²) in [5.74, 6) is -0.444. The number of thiazole rings is 1. The van der Waals surface area contributed by atoms with Crippen molar-refractivity contribution in [1.29, 1.82) is 0 Å². The van der Waals surface area contributed by atoms with E-state index in [0.717, 1.165) is 0 Å². The number of nitrogens with one attached hydrogen (secondary N) is 1. The summed E-state index contributed by atoms with van der Waals surface area (Å²) in [4.78, 5) is 26.8. The molecule has 0 spiro atoms. The lowest BCUT2D eigenvalue weighted by molar-refractivity contribution is -0.139. The number of anilines is 1. The first-order valence-corrected chi connectivity index (χ1v) is 6.03. The maximum absolute atomic E-state index is 11.7. The number of rotatable bonds is 3. The number of nitrogens with zero attached hydrogens (tertiary/aromatic N) is 1. The van der Waals surface area contributed by atoms with E-state index in [1.165, 1.54) is 18.4 Å². The van der Waals surface area contributed by atoms with Crippen molar-refractivity contribution in [2.75, 3.05) is 12.4 Å². The van der Waals surface area contributed by atoms with Crippen molar-refractivity contribution in [2.45, 2.75) is 27.2 Å². The van der Waals surface area contributed by atoms with Gasteiger partial charge in [-0.3, -0.25) is 9.59 Å². The zero-order valence-electron chi connectivity index (χ0n) is 10.4. The van der Waals surface area contributed by atoms with E-state index in [1.54, 1.807) is 5.38 Å². The molecule has 1 aromatic heterocycles. The van der Waals surface area contributed by atoms with Crippen LogP contribution in [0.15, 0.2) is 5.38 Å². The number of aromatic nitrogens is 1. The zero-order chi connectivity index (χ0) is 13.1. The minimum absolute atomic E-state index is 0.100. The standard InChI is InChI=1S/C11H16N2O3S/c1-11(2,3)9(15)13-10-12-7(6-17-10)5-8(14)16-4/h6H,5H2,1-4H3,(H,12,13,15). The Hall–Kier alpha value is -1.43. The molecule has 0 aliphatic heterocycles. The normalized spacial score (nSPS) is 11.1. The fourth-order valence-electron chi connectivity index (χ4n) is 0.950. The van der Waals surface area contributed by atoms with Crippen molar-refractivity contribution in [1.82, 2.24) is 4.98 Å². The van der Waals surface area contributed by atoms with E-state index in [-0.39, 0.29) is 18.3 Å². The summed E-state index contributed by atoms with van der Waals surface area (Å²) in [6.07, 6.45) is 0.123. The van der Waals surface area contributed by atoms with Gasteiger partial charge in [-0.05, 0) is 0 Å². The highest BCUT2D eigenvalue weighted by Gasteiger charge is 2.22. The van der Waals surface area contributed by atoms with Gasteiger partial charge in [0.05, 0.1) is 19.2 Å². The van der Waals surface area contributed by atoms with Crippen molar-refractivity contribution in [3.05, 3.63) is 11.1 Å². The van der Waals surface area contributed by atoms with E-state index in [2.05, 4.69) is 15.0 Å². The molecule has 0 bridgehead atoms. The van der Waals surface area contributed by atoms with Gasteiger partial charge in [-0.1, -0.05) is 20.8 Å². The minimum atomic E-state index is -0.464. The van der Waals surface area contributed by atoms with Gasteiger partial charge < -0.3 is 10.1 Å². The predicted molar refractivity (Wildman–Crippen MR) is 65.9 cm³/mol. The molecule has 0 aliphatic carbocycles. The lowest BCUT2D eigenvalue weighted by Gasteiger charge is -2.15. The molecule has 17 heavy (non-hydrogen) atoms. The molecule has 0 aromatic carbocycles. The van der Waals surface area contributed by atoms with Gasteiger partial charge in [-0.25, -0.2) is 4.98 Å². The van der Waals surface area contributed by atoms with Crippen molar-refractivity contribution in [3.63, 3.8) is 0 Å². The van der Waals surface area contributed by atoms with Crippen LogP contribution in [0.3, 0.4) is 0 Å². The molecule has 1 aromatic rings. The lowest BCUT2D eigenvalue weighted by Crippen LogP contribution is -2.27. The molecular weight excluding hydrogens is 240 g/mol. The van der Waals surface area contributed by atoms with Crippen LogP contribution in [-0.4, -0.2) is 24.0 Å². The Morgan fingerprint density at radius 1 is 1.47 bits per heavy atom. The summed E-state index contributed by atoms with van der Waals surface area (Å²) in [5, 5.41) is 4.94. The zero-order valence-corrected chi connectivity index (χ0v) is 11.2. The Bertz CT molecular complexity index is 421. The lowest BCUT2D eigenvalue weighted by atomic mass is 9.96. The number of hydrogen-bond donors (Lipinski definition) is 1. The summed E-state index contributed by atoms with van der Waals surface area (Å²) in [5.41, 5.74) is 0.139. The minimum Gasteiger partial charge on any atom is -0.469 e. The van der Waals surface area contributed by atoms with Crippen molar-refractivity contribution in [2.24, 2.45) is 5.41 Å². The maximum atomic E-state index is 11.7. The summed E-state index contributed by atoms with van der Waals surface area (Å²) in [6, 6.07) is 0. The Morgan fingerprint density at radius 2 is 2.12 bits per heavy atom. The number of amides is 1. The first kappa shape index (κ1) is 13.6. The molecule has 1 N–H and O–H groups in total. The average molecular weight is 256 g/mol. The second-order valence-electron chi connectivity index (χ2n) is 4.60. The van der Waals surface area contributed by atoms with Gasteiger partial charge in [0, 0.05) is 10.8 Å². The Labute approximate surface area is 104 Å². The van der Waals surface area contributed by atoms with E-state index in [4.69, 9.17) is 0 Å².